The van der Waals surface area contributed by atoms with Gasteiger partial charge in [-0.1, -0.05) is 6.58 Å². The quantitative estimate of drug-likeness (QED) is 0.542. The Balaban J connectivity index is 0.00000117. The molecule has 0 fully saturated rings. The van der Waals surface area contributed by atoms with Gasteiger partial charge in [0.1, 0.15) is 11.3 Å². The number of aromatic nitrogens is 4. The van der Waals surface area contributed by atoms with Crippen molar-refractivity contribution in [3.63, 3.8) is 0 Å². The fourth-order valence-electron chi connectivity index (χ4n) is 2.54. The van der Waals surface area contributed by atoms with E-state index in [1.165, 1.54) is 10.6 Å². The van der Waals surface area contributed by atoms with Crippen LogP contribution in [0, 0.1) is 24.5 Å². The molecule has 26 heavy (non-hydrogen) atoms. The van der Waals surface area contributed by atoms with Crippen molar-refractivity contribution < 1.29 is 8.78 Å². The van der Waals surface area contributed by atoms with Gasteiger partial charge in [-0.2, -0.15) is 4.52 Å². The summed E-state index contributed by atoms with van der Waals surface area (Å²) in [5, 5.41) is 4.55. The maximum Gasteiger partial charge on any atom is 0.223 e. The lowest BCUT2D eigenvalue weighted by Crippen LogP contribution is -2.11. The van der Waals surface area contributed by atoms with Gasteiger partial charge in [0, 0.05) is 26.1 Å². The Labute approximate surface area is 150 Å². The number of benzene rings is 1. The number of hydrogen-bond donors (Lipinski definition) is 1. The van der Waals surface area contributed by atoms with Crippen LogP contribution in [-0.4, -0.2) is 38.1 Å². The molecule has 3 rings (SSSR count). The third kappa shape index (κ3) is 3.88. The van der Waals surface area contributed by atoms with E-state index in [-0.39, 0.29) is 16.9 Å². The molecular formula is C18H20F2N6. The minimum atomic E-state index is -0.767. The van der Waals surface area contributed by atoms with Crippen molar-refractivity contribution in [2.45, 2.75) is 19.3 Å². The van der Waals surface area contributed by atoms with Gasteiger partial charge in [0.05, 0.1) is 5.39 Å². The highest BCUT2D eigenvalue weighted by Crippen LogP contribution is 2.23. The molecule has 136 valence electrons. The summed E-state index contributed by atoms with van der Waals surface area (Å²) in [4.78, 5) is 10.4. The lowest BCUT2D eigenvalue weighted by Gasteiger charge is -2.11. The Morgan fingerprint density at radius 2 is 2.00 bits per heavy atom. The number of nitrogen functional groups attached to an aromatic ring is 1. The molecular weight excluding hydrogens is 338 g/mol. The second-order valence-corrected chi connectivity index (χ2v) is 5.64. The van der Waals surface area contributed by atoms with Crippen LogP contribution in [0.15, 0.2) is 24.9 Å². The molecule has 6 nitrogen and oxygen atoms in total. The van der Waals surface area contributed by atoms with E-state index in [1.54, 1.807) is 6.20 Å². The van der Waals surface area contributed by atoms with E-state index in [0.717, 1.165) is 25.5 Å². The van der Waals surface area contributed by atoms with Crippen LogP contribution >= 0.6 is 0 Å². The van der Waals surface area contributed by atoms with Gasteiger partial charge in [0.2, 0.25) is 5.95 Å². The zero-order chi connectivity index (χ0) is 19.3. The smallest absolute Gasteiger partial charge is 0.223 e. The van der Waals surface area contributed by atoms with Gasteiger partial charge in [0.15, 0.2) is 17.3 Å². The highest BCUT2D eigenvalue weighted by Gasteiger charge is 2.15. The van der Waals surface area contributed by atoms with E-state index < -0.39 is 11.6 Å². The van der Waals surface area contributed by atoms with Crippen LogP contribution in [0.2, 0.25) is 0 Å². The summed E-state index contributed by atoms with van der Waals surface area (Å²) in [6, 6.07) is 1.97. The number of aryl methyl sites for hydroxylation is 1. The molecule has 0 aliphatic rings. The molecule has 0 aliphatic carbocycles. The Morgan fingerprint density at radius 3 is 2.69 bits per heavy atom. The van der Waals surface area contributed by atoms with Gasteiger partial charge in [-0.05, 0) is 25.1 Å². The average Bonchev–Trinajstić information content (AvgIpc) is 3.06. The number of nitrogens with two attached hydrogens (primary N) is 1. The molecule has 2 aromatic heterocycles. The van der Waals surface area contributed by atoms with E-state index >= 15 is 0 Å². The first-order valence-electron chi connectivity index (χ1n) is 7.95. The molecule has 2 N–H and O–H groups in total. The number of hydrogen-bond acceptors (Lipinski definition) is 5. The number of rotatable bonds is 6. The van der Waals surface area contributed by atoms with Crippen LogP contribution in [0.3, 0.4) is 0 Å². The fourth-order valence-corrected chi connectivity index (χ4v) is 2.54. The minimum Gasteiger partial charge on any atom is -0.381 e. The Hall–Kier alpha value is -3.21. The van der Waals surface area contributed by atoms with Gasteiger partial charge in [-0.15, -0.1) is 17.9 Å². The van der Waals surface area contributed by atoms with Crippen molar-refractivity contribution in [2.24, 2.45) is 0 Å². The van der Waals surface area contributed by atoms with E-state index in [4.69, 9.17) is 5.73 Å². The molecule has 0 amide bonds. The van der Waals surface area contributed by atoms with Crippen LogP contribution in [0.1, 0.15) is 18.7 Å². The SMILES string of the molecule is C#C.C=CN(C)CCCCc1nc2c3cc(F)cc(F)c3nc(N)n2n1. The molecule has 0 radical (unpaired) electrons. The summed E-state index contributed by atoms with van der Waals surface area (Å²) in [7, 11) is 1.96. The monoisotopic (exact) mass is 358 g/mol. The van der Waals surface area contributed by atoms with Crippen molar-refractivity contribution in [2.75, 3.05) is 19.3 Å². The van der Waals surface area contributed by atoms with Crippen molar-refractivity contribution in [3.05, 3.63) is 42.4 Å². The second-order valence-electron chi connectivity index (χ2n) is 5.64. The predicted molar refractivity (Wildman–Crippen MR) is 98.3 cm³/mol. The molecule has 0 spiro atoms. The first-order valence-corrected chi connectivity index (χ1v) is 7.95. The highest BCUT2D eigenvalue weighted by atomic mass is 19.1. The first kappa shape index (κ1) is 19.1. The van der Waals surface area contributed by atoms with E-state index in [0.29, 0.717) is 17.9 Å². The first-order chi connectivity index (χ1) is 12.5. The van der Waals surface area contributed by atoms with Crippen molar-refractivity contribution in [1.82, 2.24) is 24.5 Å². The van der Waals surface area contributed by atoms with Crippen LogP contribution in [-0.2, 0) is 6.42 Å². The number of nitrogens with zero attached hydrogens (tertiary/aromatic N) is 5. The lowest BCUT2D eigenvalue weighted by molar-refractivity contribution is 0.436. The van der Waals surface area contributed by atoms with Crippen LogP contribution in [0.25, 0.3) is 16.6 Å². The topological polar surface area (TPSA) is 72.3 Å². The lowest BCUT2D eigenvalue weighted by atomic mass is 10.2. The highest BCUT2D eigenvalue weighted by molar-refractivity contribution is 5.92. The van der Waals surface area contributed by atoms with Gasteiger partial charge >= 0.3 is 0 Å². The number of halogens is 2. The molecule has 3 aromatic rings. The summed E-state index contributed by atoms with van der Waals surface area (Å²) in [5.41, 5.74) is 6.13. The Morgan fingerprint density at radius 1 is 1.27 bits per heavy atom. The fraction of sp³-hybridized carbons (Fsp3) is 0.278. The van der Waals surface area contributed by atoms with E-state index in [1.807, 2.05) is 11.9 Å². The molecule has 0 saturated heterocycles. The van der Waals surface area contributed by atoms with Crippen LogP contribution < -0.4 is 5.73 Å². The maximum absolute atomic E-state index is 13.9. The molecule has 0 aliphatic heterocycles. The Bertz CT molecular complexity index is 947. The van der Waals surface area contributed by atoms with Crippen molar-refractivity contribution >= 4 is 22.5 Å². The normalized spacial score (nSPS) is 10.5. The number of fused-ring (bicyclic) bond motifs is 3. The van der Waals surface area contributed by atoms with Gasteiger partial charge in [-0.25, -0.2) is 18.7 Å². The van der Waals surface area contributed by atoms with Gasteiger partial charge in [-0.3, -0.25) is 0 Å². The molecule has 0 bridgehead atoms. The van der Waals surface area contributed by atoms with Gasteiger partial charge < -0.3 is 10.6 Å². The summed E-state index contributed by atoms with van der Waals surface area (Å²) in [5.74, 6) is -0.864. The third-order valence-corrected chi connectivity index (χ3v) is 3.84. The van der Waals surface area contributed by atoms with Crippen molar-refractivity contribution in [3.8, 4) is 12.8 Å². The number of unbranched alkanes of at least 4 members (excludes halogenated alkanes) is 1. The maximum atomic E-state index is 13.9. The summed E-state index contributed by atoms with van der Waals surface area (Å²) in [6.45, 7) is 4.58. The standard InChI is InChI=1S/C16H18F2N6.C2H2/c1-3-23(2)7-5-4-6-13-20-15-11-8-10(17)9-12(18)14(11)21-16(19)24(15)22-13;1-2/h3,8-9H,1,4-7H2,2H3,(H2,19,21);1-2H. The molecule has 0 unspecified atom stereocenters. The second kappa shape index (κ2) is 8.25. The van der Waals surface area contributed by atoms with Crippen LogP contribution in [0.4, 0.5) is 14.7 Å². The van der Waals surface area contributed by atoms with Crippen LogP contribution in [0.5, 0.6) is 0 Å². The largest absolute Gasteiger partial charge is 0.381 e. The minimum absolute atomic E-state index is 0.00652. The zero-order valence-corrected chi connectivity index (χ0v) is 14.5. The predicted octanol–water partition coefficient (Wildman–Crippen LogP) is 2.79. The number of anilines is 1. The third-order valence-electron chi connectivity index (χ3n) is 3.84. The zero-order valence-electron chi connectivity index (χ0n) is 14.5. The van der Waals surface area contributed by atoms with E-state index in [2.05, 4.69) is 34.5 Å². The summed E-state index contributed by atoms with van der Waals surface area (Å²) in [6.07, 6.45) is 12.2. The van der Waals surface area contributed by atoms with Crippen molar-refractivity contribution in [1.29, 1.82) is 0 Å². The average molecular weight is 358 g/mol. The van der Waals surface area contributed by atoms with Gasteiger partial charge in [0.25, 0.3) is 0 Å². The van der Waals surface area contributed by atoms with E-state index in [9.17, 15) is 8.78 Å². The molecule has 8 heteroatoms. The molecule has 2 heterocycles. The summed E-state index contributed by atoms with van der Waals surface area (Å²) < 4.78 is 28.7. The molecule has 1 aromatic carbocycles. The molecule has 0 atom stereocenters. The number of terminal acetylenes is 1. The summed E-state index contributed by atoms with van der Waals surface area (Å²) >= 11 is 0. The Kier molecular flexibility index (Phi) is 6.07. The molecule has 0 saturated carbocycles.